The summed E-state index contributed by atoms with van der Waals surface area (Å²) in [6, 6.07) is 3.62. The third-order valence-corrected chi connectivity index (χ3v) is 1.58. The fourth-order valence-corrected chi connectivity index (χ4v) is 0.945. The lowest BCUT2D eigenvalue weighted by molar-refractivity contribution is 0.0526. The maximum Gasteiger partial charge on any atom is 0.338 e. The maximum atomic E-state index is 11.3. The van der Waals surface area contributed by atoms with E-state index in [9.17, 15) is 9.90 Å². The molecule has 0 spiro atoms. The van der Waals surface area contributed by atoms with Crippen LogP contribution in [0.25, 0.3) is 0 Å². The highest BCUT2D eigenvalue weighted by Crippen LogP contribution is 2.26. The normalized spacial score (nSPS) is 13.6. The van der Waals surface area contributed by atoms with E-state index < -0.39 is 18.8 Å². The van der Waals surface area contributed by atoms with Crippen LogP contribution in [0.5, 0.6) is 11.5 Å². The molecule has 1 aromatic carbocycles. The van der Waals surface area contributed by atoms with Crippen molar-refractivity contribution in [3.63, 3.8) is 0 Å². The van der Waals surface area contributed by atoms with Crippen LogP contribution in [-0.2, 0) is 4.74 Å². The van der Waals surface area contributed by atoms with Gasteiger partial charge in [0.2, 0.25) is 0 Å². The van der Waals surface area contributed by atoms with Crippen LogP contribution in [0.1, 0.15) is 21.4 Å². The number of phenols is 1. The Morgan fingerprint density at radius 1 is 1.64 bits per heavy atom. The molecular weight excluding hydrogens is 184 g/mol. The molecule has 0 unspecified atom stereocenters. The molecule has 0 atom stereocenters. The molecule has 0 aliphatic carbocycles. The molecule has 0 bridgehead atoms. The average Bonchev–Trinajstić information content (AvgIpc) is 2.19. The molecule has 4 heteroatoms. The molecule has 14 heavy (non-hydrogen) atoms. The first-order chi connectivity index (χ1) is 7.83. The monoisotopic (exact) mass is 199 g/mol. The van der Waals surface area contributed by atoms with Gasteiger partial charge < -0.3 is 14.6 Å². The zero-order chi connectivity index (χ0) is 13.1. The van der Waals surface area contributed by atoms with Crippen molar-refractivity contribution in [2.75, 3.05) is 13.6 Å². The lowest BCUT2D eigenvalue weighted by atomic mass is 10.2. The molecule has 0 saturated heterocycles. The van der Waals surface area contributed by atoms with E-state index in [1.165, 1.54) is 12.1 Å². The second-order valence-electron chi connectivity index (χ2n) is 2.51. The van der Waals surface area contributed by atoms with Gasteiger partial charge in [0.1, 0.15) is 0 Å². The topological polar surface area (TPSA) is 55.8 Å². The van der Waals surface area contributed by atoms with Gasteiger partial charge in [-0.15, -0.1) is 0 Å². The van der Waals surface area contributed by atoms with Gasteiger partial charge in [-0.1, -0.05) is 0 Å². The number of carbonyl (C=O) groups excluding carboxylic acids is 1. The molecule has 0 aromatic heterocycles. The van der Waals surface area contributed by atoms with Crippen LogP contribution >= 0.6 is 0 Å². The van der Waals surface area contributed by atoms with Crippen molar-refractivity contribution >= 4 is 5.97 Å². The van der Waals surface area contributed by atoms with Crippen LogP contribution in [0.3, 0.4) is 0 Å². The summed E-state index contributed by atoms with van der Waals surface area (Å²) in [6.07, 6.45) is 0. The van der Waals surface area contributed by atoms with Crippen LogP contribution < -0.4 is 4.74 Å². The summed E-state index contributed by atoms with van der Waals surface area (Å²) in [5.41, 5.74) is 0.127. The summed E-state index contributed by atoms with van der Waals surface area (Å²) in [4.78, 5) is 11.3. The predicted octanol–water partition coefficient (Wildman–Crippen LogP) is 1.58. The number of methoxy groups -OCH3 is 1. The number of esters is 1. The van der Waals surface area contributed by atoms with Crippen molar-refractivity contribution in [2.45, 2.75) is 6.92 Å². The Bertz CT molecular complexity index is 415. The van der Waals surface area contributed by atoms with E-state index in [1.54, 1.807) is 6.92 Å². The summed E-state index contributed by atoms with van der Waals surface area (Å²) < 4.78 is 29.9. The molecule has 76 valence electrons. The number of aromatic hydroxyl groups is 1. The number of hydrogen-bond donors (Lipinski definition) is 1. The Morgan fingerprint density at radius 2 is 2.43 bits per heavy atom. The largest absolute Gasteiger partial charge is 0.504 e. The standard InChI is InChI=1S/C10H12O4/c1-3-14-10(12)7-4-5-9(13-2)8(11)6-7/h4-6,11H,3H2,1-2H3/i2D3. The van der Waals surface area contributed by atoms with E-state index in [-0.39, 0.29) is 17.9 Å². The van der Waals surface area contributed by atoms with Gasteiger partial charge in [-0.05, 0) is 25.1 Å². The summed E-state index contributed by atoms with van der Waals surface area (Å²) in [5, 5.41) is 9.49. The molecule has 1 rings (SSSR count). The number of rotatable bonds is 3. The van der Waals surface area contributed by atoms with Crippen LogP contribution in [0.15, 0.2) is 18.2 Å². The summed E-state index contributed by atoms with van der Waals surface area (Å²) in [6.45, 7) is 1.87. The van der Waals surface area contributed by atoms with Crippen molar-refractivity contribution in [2.24, 2.45) is 0 Å². The Kier molecular flexibility index (Phi) is 2.16. The minimum Gasteiger partial charge on any atom is -0.504 e. The number of carbonyl (C=O) groups is 1. The highest BCUT2D eigenvalue weighted by atomic mass is 16.5. The van der Waals surface area contributed by atoms with Gasteiger partial charge in [-0.3, -0.25) is 0 Å². The third-order valence-electron chi connectivity index (χ3n) is 1.58. The van der Waals surface area contributed by atoms with Crippen molar-refractivity contribution in [3.8, 4) is 11.5 Å². The van der Waals surface area contributed by atoms with Gasteiger partial charge in [0.25, 0.3) is 0 Å². The van der Waals surface area contributed by atoms with Crippen molar-refractivity contribution in [1.82, 2.24) is 0 Å². The molecule has 0 heterocycles. The summed E-state index contributed by atoms with van der Waals surface area (Å²) in [5.74, 6) is -1.23. The van der Waals surface area contributed by atoms with Gasteiger partial charge >= 0.3 is 5.97 Å². The Balaban J connectivity index is 2.90. The lowest BCUT2D eigenvalue weighted by Crippen LogP contribution is -2.04. The highest BCUT2D eigenvalue weighted by Gasteiger charge is 2.09. The highest BCUT2D eigenvalue weighted by molar-refractivity contribution is 5.90. The van der Waals surface area contributed by atoms with Gasteiger partial charge in [-0.25, -0.2) is 4.79 Å². The first kappa shape index (κ1) is 6.70. The minimum absolute atomic E-state index is 0.127. The van der Waals surface area contributed by atoms with Crippen LogP contribution in [0, 0.1) is 0 Å². The predicted molar refractivity (Wildman–Crippen MR) is 50.6 cm³/mol. The van der Waals surface area contributed by atoms with Crippen LogP contribution in [-0.4, -0.2) is 24.7 Å². The molecule has 0 radical (unpaired) electrons. The van der Waals surface area contributed by atoms with Crippen LogP contribution in [0.2, 0.25) is 0 Å². The Hall–Kier alpha value is -1.71. The maximum absolute atomic E-state index is 11.3. The lowest BCUT2D eigenvalue weighted by Gasteiger charge is -2.05. The number of hydrogen-bond acceptors (Lipinski definition) is 4. The Morgan fingerprint density at radius 3 is 3.00 bits per heavy atom. The fourth-order valence-electron chi connectivity index (χ4n) is 0.945. The van der Waals surface area contributed by atoms with E-state index in [2.05, 4.69) is 4.74 Å². The number of ether oxygens (including phenoxy) is 2. The van der Waals surface area contributed by atoms with E-state index in [0.29, 0.717) is 0 Å². The molecule has 0 amide bonds. The molecule has 0 saturated carbocycles. The summed E-state index contributed by atoms with van der Waals surface area (Å²) in [7, 11) is -2.65. The molecule has 1 aromatic rings. The van der Waals surface area contributed by atoms with Crippen LogP contribution in [0.4, 0.5) is 0 Å². The zero-order valence-electron chi connectivity index (χ0n) is 10.6. The molecule has 4 nitrogen and oxygen atoms in total. The van der Waals surface area contributed by atoms with E-state index in [1.807, 2.05) is 0 Å². The average molecular weight is 199 g/mol. The molecule has 0 fully saturated rings. The van der Waals surface area contributed by atoms with Gasteiger partial charge in [0.15, 0.2) is 11.5 Å². The minimum atomic E-state index is -2.65. The van der Waals surface area contributed by atoms with E-state index in [0.717, 1.165) is 6.07 Å². The number of benzene rings is 1. The van der Waals surface area contributed by atoms with Crippen molar-refractivity contribution in [1.29, 1.82) is 0 Å². The smallest absolute Gasteiger partial charge is 0.338 e. The van der Waals surface area contributed by atoms with E-state index in [4.69, 9.17) is 8.85 Å². The van der Waals surface area contributed by atoms with Crippen molar-refractivity contribution in [3.05, 3.63) is 23.8 Å². The third kappa shape index (κ3) is 2.16. The first-order valence-electron chi connectivity index (χ1n) is 5.52. The van der Waals surface area contributed by atoms with Gasteiger partial charge in [-0.2, -0.15) is 0 Å². The molecular formula is C10H12O4. The number of phenolic OH excluding ortho intramolecular Hbond substituents is 1. The quantitative estimate of drug-likeness (QED) is 0.751. The van der Waals surface area contributed by atoms with E-state index >= 15 is 0 Å². The summed E-state index contributed by atoms with van der Waals surface area (Å²) >= 11 is 0. The Labute approximate surface area is 86.3 Å². The van der Waals surface area contributed by atoms with Gasteiger partial charge in [0, 0.05) is 0 Å². The fraction of sp³-hybridized carbons (Fsp3) is 0.300. The second kappa shape index (κ2) is 4.50. The first-order valence-corrected chi connectivity index (χ1v) is 4.02. The zero-order valence-corrected chi connectivity index (χ0v) is 7.61. The molecule has 1 N–H and O–H groups in total. The molecule has 0 aliphatic heterocycles. The second-order valence-corrected chi connectivity index (χ2v) is 2.51. The molecule has 0 aliphatic rings. The van der Waals surface area contributed by atoms with Crippen molar-refractivity contribution < 1.29 is 23.5 Å². The van der Waals surface area contributed by atoms with Gasteiger partial charge in [0.05, 0.1) is 23.3 Å². The SMILES string of the molecule is [2H]C([2H])([2H])Oc1ccc(C(=O)OCC)cc1O.